The second-order valence-corrected chi connectivity index (χ2v) is 5.19. The smallest absolute Gasteiger partial charge is 0.0983 e. The summed E-state index contributed by atoms with van der Waals surface area (Å²) in [6.07, 6.45) is 6.62. The molecule has 3 aliphatic rings. The van der Waals surface area contributed by atoms with Crippen LogP contribution in [0.25, 0.3) is 0 Å². The summed E-state index contributed by atoms with van der Waals surface area (Å²) in [5, 5.41) is 9.82. The lowest BCUT2D eigenvalue weighted by Crippen LogP contribution is -2.27. The summed E-state index contributed by atoms with van der Waals surface area (Å²) in [6.45, 7) is 3.62. The highest BCUT2D eigenvalue weighted by Crippen LogP contribution is 2.59. The fourth-order valence-corrected chi connectivity index (χ4v) is 4.23. The molecule has 0 spiro atoms. The molecule has 0 radical (unpaired) electrons. The molecule has 2 bridgehead atoms. The first-order valence-electron chi connectivity index (χ1n) is 5.74. The van der Waals surface area contributed by atoms with E-state index in [1.807, 2.05) is 0 Å². The highest BCUT2D eigenvalue weighted by atomic mass is 16.5. The summed E-state index contributed by atoms with van der Waals surface area (Å²) in [5.74, 6) is 2.96. The summed E-state index contributed by atoms with van der Waals surface area (Å²) in [4.78, 5) is 0. The molecule has 0 aromatic carbocycles. The number of hydrogen-bond donors (Lipinski definition) is 1. The maximum absolute atomic E-state index is 9.82. The van der Waals surface area contributed by atoms with Gasteiger partial charge in [-0.25, -0.2) is 0 Å². The summed E-state index contributed by atoms with van der Waals surface area (Å²) in [6, 6.07) is 0. The molecule has 14 heavy (non-hydrogen) atoms. The molecule has 0 saturated heterocycles. The number of ether oxygens (including phenoxy) is 1. The van der Waals surface area contributed by atoms with Gasteiger partial charge in [0, 0.05) is 0 Å². The van der Waals surface area contributed by atoms with E-state index >= 15 is 0 Å². The van der Waals surface area contributed by atoms with Gasteiger partial charge in [0.25, 0.3) is 0 Å². The van der Waals surface area contributed by atoms with Gasteiger partial charge in [0.1, 0.15) is 0 Å². The summed E-state index contributed by atoms with van der Waals surface area (Å²) in [7, 11) is 0. The van der Waals surface area contributed by atoms with Crippen molar-refractivity contribution in [2.45, 2.75) is 37.9 Å². The topological polar surface area (TPSA) is 29.5 Å². The Bertz CT molecular complexity index is 251. The number of hydrogen-bond acceptors (Lipinski definition) is 2. The van der Waals surface area contributed by atoms with Gasteiger partial charge in [-0.2, -0.15) is 0 Å². The second kappa shape index (κ2) is 2.99. The molecule has 0 amide bonds. The Morgan fingerprint density at radius 1 is 1.07 bits per heavy atom. The molecule has 2 heteroatoms. The van der Waals surface area contributed by atoms with Crippen LogP contribution in [-0.2, 0) is 4.74 Å². The van der Waals surface area contributed by atoms with Crippen LogP contribution < -0.4 is 0 Å². The van der Waals surface area contributed by atoms with E-state index in [0.29, 0.717) is 12.0 Å². The van der Waals surface area contributed by atoms with Crippen molar-refractivity contribution in [3.8, 4) is 0 Å². The largest absolute Gasteiger partial charge is 0.499 e. The van der Waals surface area contributed by atoms with E-state index < -0.39 is 0 Å². The molecule has 2 nitrogen and oxygen atoms in total. The maximum Gasteiger partial charge on any atom is 0.0983 e. The number of rotatable bonds is 2. The molecule has 3 aliphatic carbocycles. The molecule has 6 atom stereocenters. The lowest BCUT2D eigenvalue weighted by Gasteiger charge is -2.27. The Labute approximate surface area is 85.0 Å². The van der Waals surface area contributed by atoms with E-state index in [1.54, 1.807) is 6.26 Å². The van der Waals surface area contributed by atoms with Crippen molar-refractivity contribution >= 4 is 0 Å². The van der Waals surface area contributed by atoms with Gasteiger partial charge in [-0.1, -0.05) is 6.58 Å². The minimum Gasteiger partial charge on any atom is -0.499 e. The predicted molar refractivity (Wildman–Crippen MR) is 53.5 cm³/mol. The summed E-state index contributed by atoms with van der Waals surface area (Å²) in [5.41, 5.74) is 0. The first kappa shape index (κ1) is 8.78. The van der Waals surface area contributed by atoms with Crippen LogP contribution in [-0.4, -0.2) is 17.3 Å². The summed E-state index contributed by atoms with van der Waals surface area (Å²) >= 11 is 0. The first-order chi connectivity index (χ1) is 6.79. The highest BCUT2D eigenvalue weighted by molar-refractivity contribution is 5.05. The average molecular weight is 194 g/mol. The Hall–Kier alpha value is -0.500. The van der Waals surface area contributed by atoms with E-state index in [0.717, 1.165) is 30.6 Å². The molecule has 1 N–H and O–H groups in total. The van der Waals surface area contributed by atoms with Crippen molar-refractivity contribution in [2.75, 3.05) is 0 Å². The Balaban J connectivity index is 1.73. The van der Waals surface area contributed by atoms with Gasteiger partial charge in [0.05, 0.1) is 18.5 Å². The fourth-order valence-electron chi connectivity index (χ4n) is 4.23. The van der Waals surface area contributed by atoms with E-state index in [-0.39, 0.29) is 6.10 Å². The molecule has 0 aromatic rings. The minimum atomic E-state index is -0.0104. The normalized spacial score (nSPS) is 54.6. The number of aliphatic hydroxyl groups is 1. The van der Waals surface area contributed by atoms with E-state index in [9.17, 15) is 5.11 Å². The first-order valence-corrected chi connectivity index (χ1v) is 5.74. The van der Waals surface area contributed by atoms with E-state index in [1.165, 1.54) is 12.8 Å². The van der Waals surface area contributed by atoms with Gasteiger partial charge in [0.15, 0.2) is 0 Å². The van der Waals surface area contributed by atoms with Gasteiger partial charge in [-0.3, -0.25) is 0 Å². The standard InChI is InChI=1S/C12H18O2/c1-2-14-8-5-9-7-3-11(10(9)6-8)12(13)4-7/h2,7-13H,1,3-6H2. The van der Waals surface area contributed by atoms with Gasteiger partial charge in [-0.05, 0) is 49.4 Å². The van der Waals surface area contributed by atoms with Crippen molar-refractivity contribution in [1.82, 2.24) is 0 Å². The van der Waals surface area contributed by atoms with Crippen molar-refractivity contribution < 1.29 is 9.84 Å². The molecule has 3 rings (SSSR count). The maximum atomic E-state index is 9.82. The van der Waals surface area contributed by atoms with Gasteiger partial charge < -0.3 is 9.84 Å². The number of fused-ring (bicyclic) bond motifs is 5. The molecular formula is C12H18O2. The molecule has 0 heterocycles. The van der Waals surface area contributed by atoms with Crippen LogP contribution >= 0.6 is 0 Å². The number of aliphatic hydroxyl groups excluding tert-OH is 1. The highest BCUT2D eigenvalue weighted by Gasteiger charge is 2.55. The van der Waals surface area contributed by atoms with Crippen LogP contribution in [0.1, 0.15) is 25.7 Å². The molecule has 0 aliphatic heterocycles. The van der Waals surface area contributed by atoms with Gasteiger partial charge in [-0.15, -0.1) is 0 Å². The average Bonchev–Trinajstić information content (AvgIpc) is 2.74. The third kappa shape index (κ3) is 1.07. The zero-order chi connectivity index (χ0) is 9.71. The molecule has 3 saturated carbocycles. The summed E-state index contributed by atoms with van der Waals surface area (Å²) < 4.78 is 5.48. The van der Waals surface area contributed by atoms with Crippen LogP contribution in [0.15, 0.2) is 12.8 Å². The van der Waals surface area contributed by atoms with Crippen molar-refractivity contribution in [1.29, 1.82) is 0 Å². The van der Waals surface area contributed by atoms with Crippen LogP contribution in [0.3, 0.4) is 0 Å². The van der Waals surface area contributed by atoms with Gasteiger partial charge >= 0.3 is 0 Å². The van der Waals surface area contributed by atoms with Crippen molar-refractivity contribution in [3.63, 3.8) is 0 Å². The zero-order valence-corrected chi connectivity index (χ0v) is 8.43. The minimum absolute atomic E-state index is 0.0104. The molecular weight excluding hydrogens is 176 g/mol. The Morgan fingerprint density at radius 2 is 1.86 bits per heavy atom. The SMILES string of the molecule is C=COC1CC2C3CC(O)C(C3)C2C1. The molecule has 78 valence electrons. The third-order valence-electron chi connectivity index (χ3n) is 4.68. The van der Waals surface area contributed by atoms with Crippen LogP contribution in [0.2, 0.25) is 0 Å². The van der Waals surface area contributed by atoms with Gasteiger partial charge in [0.2, 0.25) is 0 Å². The zero-order valence-electron chi connectivity index (χ0n) is 8.43. The van der Waals surface area contributed by atoms with E-state index in [4.69, 9.17) is 4.74 Å². The van der Waals surface area contributed by atoms with Crippen LogP contribution in [0.5, 0.6) is 0 Å². The Kier molecular flexibility index (Phi) is 1.88. The fraction of sp³-hybridized carbons (Fsp3) is 0.833. The molecule has 6 unspecified atom stereocenters. The third-order valence-corrected chi connectivity index (χ3v) is 4.68. The monoisotopic (exact) mass is 194 g/mol. The van der Waals surface area contributed by atoms with Crippen molar-refractivity contribution in [2.24, 2.45) is 23.7 Å². The molecule has 3 fully saturated rings. The predicted octanol–water partition coefficient (Wildman–Crippen LogP) is 1.94. The van der Waals surface area contributed by atoms with Crippen molar-refractivity contribution in [3.05, 3.63) is 12.8 Å². The lowest BCUT2D eigenvalue weighted by molar-refractivity contribution is 0.0630. The van der Waals surface area contributed by atoms with E-state index in [2.05, 4.69) is 6.58 Å². The Morgan fingerprint density at radius 3 is 2.64 bits per heavy atom. The second-order valence-electron chi connectivity index (χ2n) is 5.19. The lowest BCUT2D eigenvalue weighted by atomic mass is 9.80. The quantitative estimate of drug-likeness (QED) is 0.681. The van der Waals surface area contributed by atoms with Crippen LogP contribution in [0, 0.1) is 23.7 Å². The molecule has 0 aromatic heterocycles. The van der Waals surface area contributed by atoms with Crippen LogP contribution in [0.4, 0.5) is 0 Å².